The first-order valence-electron chi connectivity index (χ1n) is 7.68. The number of carbonyl (C=O) groups is 1. The molecular formula is C17H26O3Si. The highest BCUT2D eigenvalue weighted by atomic mass is 28.4. The third-order valence-corrected chi connectivity index (χ3v) is 8.90. The number of carbonyl (C=O) groups excluding carboxylic acids is 1. The second-order valence-corrected chi connectivity index (χ2v) is 12.0. The molecule has 1 atom stereocenters. The van der Waals surface area contributed by atoms with E-state index in [0.717, 1.165) is 24.2 Å². The highest BCUT2D eigenvalue weighted by Crippen LogP contribution is 2.40. The van der Waals surface area contributed by atoms with E-state index in [0.29, 0.717) is 6.42 Å². The van der Waals surface area contributed by atoms with E-state index >= 15 is 0 Å². The second-order valence-electron chi connectivity index (χ2n) is 7.27. The van der Waals surface area contributed by atoms with Gasteiger partial charge in [0.05, 0.1) is 0 Å². The zero-order valence-corrected chi connectivity index (χ0v) is 14.7. The molecule has 1 aromatic rings. The number of esters is 1. The van der Waals surface area contributed by atoms with E-state index in [9.17, 15) is 4.79 Å². The summed E-state index contributed by atoms with van der Waals surface area (Å²) in [5.74, 6) is 0.775. The Hall–Kier alpha value is -1.29. The predicted octanol–water partition coefficient (Wildman–Crippen LogP) is 4.84. The van der Waals surface area contributed by atoms with Crippen LogP contribution in [-0.2, 0) is 9.53 Å². The van der Waals surface area contributed by atoms with Crippen LogP contribution < -0.4 is 4.43 Å². The summed E-state index contributed by atoms with van der Waals surface area (Å²) in [6, 6.07) is 7.98. The van der Waals surface area contributed by atoms with Crippen molar-refractivity contribution in [3.8, 4) is 5.75 Å². The highest BCUT2D eigenvalue weighted by molar-refractivity contribution is 6.74. The smallest absolute Gasteiger partial charge is 0.306 e. The first-order valence-corrected chi connectivity index (χ1v) is 10.6. The molecule has 1 heterocycles. The third-order valence-electron chi connectivity index (χ3n) is 4.56. The highest BCUT2D eigenvalue weighted by Gasteiger charge is 2.39. The lowest BCUT2D eigenvalue weighted by atomic mass is 10.0. The fraction of sp³-hybridized carbons (Fsp3) is 0.588. The van der Waals surface area contributed by atoms with Crippen molar-refractivity contribution in [3.63, 3.8) is 0 Å². The van der Waals surface area contributed by atoms with Crippen LogP contribution in [0.4, 0.5) is 0 Å². The van der Waals surface area contributed by atoms with E-state index in [-0.39, 0.29) is 17.1 Å². The molecule has 0 N–H and O–H groups in total. The molecule has 1 aromatic carbocycles. The molecule has 2 rings (SSSR count). The minimum absolute atomic E-state index is 0.103. The molecule has 1 fully saturated rings. The fourth-order valence-electron chi connectivity index (χ4n) is 2.19. The number of cyclic esters (lactones) is 1. The van der Waals surface area contributed by atoms with Gasteiger partial charge in [-0.2, -0.15) is 0 Å². The number of benzene rings is 1. The van der Waals surface area contributed by atoms with Gasteiger partial charge in [-0.25, -0.2) is 0 Å². The molecule has 3 nitrogen and oxygen atoms in total. The van der Waals surface area contributed by atoms with Crippen molar-refractivity contribution in [2.24, 2.45) is 0 Å². The summed E-state index contributed by atoms with van der Waals surface area (Å²) in [5, 5.41) is 0.142. The van der Waals surface area contributed by atoms with Crippen molar-refractivity contribution in [2.45, 2.75) is 64.3 Å². The van der Waals surface area contributed by atoms with Crippen LogP contribution in [0.3, 0.4) is 0 Å². The summed E-state index contributed by atoms with van der Waals surface area (Å²) in [7, 11) is -1.90. The van der Waals surface area contributed by atoms with Gasteiger partial charge in [-0.15, -0.1) is 0 Å². The lowest BCUT2D eigenvalue weighted by molar-refractivity contribution is -0.154. The summed E-state index contributed by atoms with van der Waals surface area (Å²) >= 11 is 0. The van der Waals surface area contributed by atoms with Crippen LogP contribution in [0.2, 0.25) is 18.1 Å². The molecule has 0 aliphatic carbocycles. The lowest BCUT2D eigenvalue weighted by Gasteiger charge is -2.37. The van der Waals surface area contributed by atoms with Gasteiger partial charge in [0.15, 0.2) is 0 Å². The molecule has 21 heavy (non-hydrogen) atoms. The Morgan fingerprint density at radius 1 is 1.24 bits per heavy atom. The Balaban J connectivity index is 2.27. The average Bonchev–Trinajstić information content (AvgIpc) is 2.37. The Kier molecular flexibility index (Phi) is 4.47. The quantitative estimate of drug-likeness (QED) is 0.592. The van der Waals surface area contributed by atoms with E-state index in [1.807, 2.05) is 24.3 Å². The molecule has 0 radical (unpaired) electrons. The van der Waals surface area contributed by atoms with Gasteiger partial charge in [-0.05, 0) is 37.0 Å². The standard InChI is InChI=1S/C17H26O3Si/c1-17(2,3)21(4,5)20-15-10-7-6-9-13(15)14-11-8-12-16(18)19-14/h6-7,9-10,14H,8,11-12H2,1-5H3. The molecule has 0 spiro atoms. The first kappa shape index (κ1) is 16.1. The number of hydrogen-bond donors (Lipinski definition) is 0. The van der Waals surface area contributed by atoms with Crippen LogP contribution in [0.1, 0.15) is 51.7 Å². The molecule has 1 unspecified atom stereocenters. The van der Waals surface area contributed by atoms with Gasteiger partial charge in [0.25, 0.3) is 0 Å². The summed E-state index contributed by atoms with van der Waals surface area (Å²) in [5.41, 5.74) is 1.01. The average molecular weight is 306 g/mol. The maximum absolute atomic E-state index is 11.5. The van der Waals surface area contributed by atoms with Crippen LogP contribution in [0.5, 0.6) is 5.75 Å². The summed E-state index contributed by atoms with van der Waals surface area (Å²) in [6.07, 6.45) is 2.13. The van der Waals surface area contributed by atoms with Crippen molar-refractivity contribution >= 4 is 14.3 Å². The summed E-state index contributed by atoms with van der Waals surface area (Å²) in [4.78, 5) is 11.5. The summed E-state index contributed by atoms with van der Waals surface area (Å²) in [6.45, 7) is 11.1. The Bertz CT molecular complexity index is 517. The molecule has 0 amide bonds. The van der Waals surface area contributed by atoms with Crippen molar-refractivity contribution in [2.75, 3.05) is 0 Å². The van der Waals surface area contributed by atoms with Gasteiger partial charge in [0, 0.05) is 12.0 Å². The number of hydrogen-bond acceptors (Lipinski definition) is 3. The molecule has 116 valence electrons. The van der Waals surface area contributed by atoms with Crippen molar-refractivity contribution < 1.29 is 14.0 Å². The van der Waals surface area contributed by atoms with Crippen molar-refractivity contribution in [1.82, 2.24) is 0 Å². The molecule has 1 aliphatic heterocycles. The SMILES string of the molecule is CC(C)(C)[Si](C)(C)Oc1ccccc1C1CCCC(=O)O1. The van der Waals surface area contributed by atoms with E-state index < -0.39 is 8.32 Å². The van der Waals surface area contributed by atoms with Crippen LogP contribution in [0, 0.1) is 0 Å². The number of ether oxygens (including phenoxy) is 1. The Labute approximate surface area is 128 Å². The van der Waals surface area contributed by atoms with Crippen molar-refractivity contribution in [3.05, 3.63) is 29.8 Å². The monoisotopic (exact) mass is 306 g/mol. The molecule has 1 aliphatic rings. The molecule has 4 heteroatoms. The van der Waals surface area contributed by atoms with Gasteiger partial charge in [-0.3, -0.25) is 4.79 Å². The van der Waals surface area contributed by atoms with Crippen LogP contribution in [0.15, 0.2) is 24.3 Å². The largest absolute Gasteiger partial charge is 0.543 e. The van der Waals surface area contributed by atoms with Gasteiger partial charge in [0.2, 0.25) is 8.32 Å². The van der Waals surface area contributed by atoms with Gasteiger partial charge < -0.3 is 9.16 Å². The minimum Gasteiger partial charge on any atom is -0.543 e. The lowest BCUT2D eigenvalue weighted by Crippen LogP contribution is -2.44. The fourth-order valence-corrected chi connectivity index (χ4v) is 3.24. The van der Waals surface area contributed by atoms with Crippen LogP contribution in [-0.4, -0.2) is 14.3 Å². The van der Waals surface area contributed by atoms with Gasteiger partial charge in [0.1, 0.15) is 11.9 Å². The predicted molar refractivity (Wildman–Crippen MR) is 87.0 cm³/mol. The maximum Gasteiger partial charge on any atom is 0.306 e. The van der Waals surface area contributed by atoms with E-state index in [4.69, 9.17) is 9.16 Å². The number of para-hydroxylation sites is 1. The number of rotatable bonds is 3. The normalized spacial score (nSPS) is 20.0. The van der Waals surface area contributed by atoms with Gasteiger partial charge >= 0.3 is 5.97 Å². The van der Waals surface area contributed by atoms with E-state index in [1.165, 1.54) is 0 Å². The van der Waals surface area contributed by atoms with Crippen molar-refractivity contribution in [1.29, 1.82) is 0 Å². The zero-order chi connectivity index (χ0) is 15.7. The third kappa shape index (κ3) is 3.67. The zero-order valence-electron chi connectivity index (χ0n) is 13.7. The Morgan fingerprint density at radius 2 is 1.90 bits per heavy atom. The maximum atomic E-state index is 11.5. The Morgan fingerprint density at radius 3 is 2.52 bits per heavy atom. The molecule has 0 aromatic heterocycles. The minimum atomic E-state index is -1.90. The first-order chi connectivity index (χ1) is 9.71. The summed E-state index contributed by atoms with van der Waals surface area (Å²) < 4.78 is 11.9. The molecule has 1 saturated heterocycles. The van der Waals surface area contributed by atoms with E-state index in [1.54, 1.807) is 0 Å². The van der Waals surface area contributed by atoms with Gasteiger partial charge in [-0.1, -0.05) is 39.0 Å². The topological polar surface area (TPSA) is 35.5 Å². The van der Waals surface area contributed by atoms with Crippen LogP contribution in [0.25, 0.3) is 0 Å². The van der Waals surface area contributed by atoms with E-state index in [2.05, 4.69) is 33.9 Å². The molecular weight excluding hydrogens is 280 g/mol. The molecule has 0 bridgehead atoms. The van der Waals surface area contributed by atoms with Crippen LogP contribution >= 0.6 is 0 Å². The second kappa shape index (κ2) is 5.83. The molecule has 0 saturated carbocycles.